The van der Waals surface area contributed by atoms with Crippen molar-refractivity contribution in [3.8, 4) is 0 Å². The Hall–Kier alpha value is -1.00. The van der Waals surface area contributed by atoms with Crippen LogP contribution in [0.1, 0.15) is 44.6 Å². The Balaban J connectivity index is 1.89. The van der Waals surface area contributed by atoms with Gasteiger partial charge in [-0.1, -0.05) is 13.8 Å². The van der Waals surface area contributed by atoms with Crippen LogP contribution < -0.4 is 5.32 Å². The van der Waals surface area contributed by atoms with Gasteiger partial charge in [0.15, 0.2) is 0 Å². The van der Waals surface area contributed by atoms with Crippen molar-refractivity contribution in [1.82, 2.24) is 15.3 Å². The van der Waals surface area contributed by atoms with Gasteiger partial charge in [-0.05, 0) is 25.3 Å². The van der Waals surface area contributed by atoms with Gasteiger partial charge in [0.1, 0.15) is 5.82 Å². The van der Waals surface area contributed by atoms with E-state index in [1.165, 1.54) is 12.8 Å². The highest BCUT2D eigenvalue weighted by atomic mass is 16.5. The molecule has 0 spiro atoms. The van der Waals surface area contributed by atoms with Gasteiger partial charge in [-0.25, -0.2) is 9.97 Å². The van der Waals surface area contributed by atoms with Crippen LogP contribution in [0.2, 0.25) is 0 Å². The third kappa shape index (κ3) is 4.35. The highest BCUT2D eigenvalue weighted by molar-refractivity contribution is 5.03. The highest BCUT2D eigenvalue weighted by Crippen LogP contribution is 2.15. The second-order valence-electron chi connectivity index (χ2n) is 5.19. The third-order valence-electron chi connectivity index (χ3n) is 3.14. The number of ether oxygens (including phenoxy) is 1. The van der Waals surface area contributed by atoms with Crippen molar-refractivity contribution in [2.24, 2.45) is 0 Å². The first-order chi connectivity index (χ1) is 8.74. The van der Waals surface area contributed by atoms with Crippen LogP contribution in [-0.2, 0) is 17.7 Å². The Morgan fingerprint density at radius 1 is 1.44 bits per heavy atom. The van der Waals surface area contributed by atoms with E-state index in [0.717, 1.165) is 37.5 Å². The van der Waals surface area contributed by atoms with E-state index in [1.807, 2.05) is 12.3 Å². The summed E-state index contributed by atoms with van der Waals surface area (Å²) in [6, 6.07) is 2.45. The van der Waals surface area contributed by atoms with Gasteiger partial charge in [-0.3, -0.25) is 0 Å². The normalized spacial score (nSPS) is 20.3. The number of nitrogens with one attached hydrogen (secondary N) is 1. The molecule has 0 amide bonds. The molecule has 1 N–H and O–H groups in total. The maximum absolute atomic E-state index is 5.72. The summed E-state index contributed by atoms with van der Waals surface area (Å²) in [4.78, 5) is 8.93. The third-order valence-corrected chi connectivity index (χ3v) is 3.14. The molecule has 4 heteroatoms. The van der Waals surface area contributed by atoms with Gasteiger partial charge in [-0.15, -0.1) is 0 Å². The van der Waals surface area contributed by atoms with Gasteiger partial charge in [0.25, 0.3) is 0 Å². The first-order valence-electron chi connectivity index (χ1n) is 6.90. The van der Waals surface area contributed by atoms with E-state index in [2.05, 4.69) is 29.1 Å². The SMILES string of the molecule is CC(C)NCc1ccnc(CC2CCCCO2)n1. The fraction of sp³-hybridized carbons (Fsp3) is 0.714. The first-order valence-corrected chi connectivity index (χ1v) is 6.90. The fourth-order valence-electron chi connectivity index (χ4n) is 2.12. The van der Waals surface area contributed by atoms with Crippen LogP contribution >= 0.6 is 0 Å². The van der Waals surface area contributed by atoms with E-state index in [-0.39, 0.29) is 0 Å². The molecule has 100 valence electrons. The summed E-state index contributed by atoms with van der Waals surface area (Å²) in [6.07, 6.45) is 6.59. The lowest BCUT2D eigenvalue weighted by Crippen LogP contribution is -2.24. The quantitative estimate of drug-likeness (QED) is 0.868. The van der Waals surface area contributed by atoms with Crippen LogP contribution in [0.4, 0.5) is 0 Å². The zero-order valence-corrected chi connectivity index (χ0v) is 11.4. The Morgan fingerprint density at radius 2 is 2.33 bits per heavy atom. The zero-order valence-electron chi connectivity index (χ0n) is 11.4. The minimum absolute atomic E-state index is 0.312. The molecular formula is C14H23N3O. The highest BCUT2D eigenvalue weighted by Gasteiger charge is 2.15. The summed E-state index contributed by atoms with van der Waals surface area (Å²) in [5, 5.41) is 3.37. The van der Waals surface area contributed by atoms with E-state index >= 15 is 0 Å². The molecule has 18 heavy (non-hydrogen) atoms. The second kappa shape index (κ2) is 6.81. The maximum atomic E-state index is 5.72. The van der Waals surface area contributed by atoms with Crippen molar-refractivity contribution >= 4 is 0 Å². The predicted octanol–water partition coefficient (Wildman–Crippen LogP) is 2.09. The van der Waals surface area contributed by atoms with Crippen LogP contribution in [-0.4, -0.2) is 28.7 Å². The van der Waals surface area contributed by atoms with Gasteiger partial charge >= 0.3 is 0 Å². The molecular weight excluding hydrogens is 226 g/mol. The predicted molar refractivity (Wildman–Crippen MR) is 71.3 cm³/mol. The van der Waals surface area contributed by atoms with Crippen molar-refractivity contribution in [2.45, 2.75) is 58.2 Å². The van der Waals surface area contributed by atoms with E-state index in [1.54, 1.807) is 0 Å². The van der Waals surface area contributed by atoms with Crippen molar-refractivity contribution < 1.29 is 4.74 Å². The molecule has 2 heterocycles. The van der Waals surface area contributed by atoms with Crippen molar-refractivity contribution in [3.05, 3.63) is 23.8 Å². The molecule has 0 saturated carbocycles. The molecule has 1 fully saturated rings. The summed E-state index contributed by atoms with van der Waals surface area (Å²) in [5.74, 6) is 0.907. The van der Waals surface area contributed by atoms with Crippen LogP contribution in [0.3, 0.4) is 0 Å². The van der Waals surface area contributed by atoms with E-state index in [9.17, 15) is 0 Å². The topological polar surface area (TPSA) is 47.0 Å². The Labute approximate surface area is 109 Å². The first kappa shape index (κ1) is 13.4. The van der Waals surface area contributed by atoms with Crippen molar-refractivity contribution in [1.29, 1.82) is 0 Å². The number of aromatic nitrogens is 2. The van der Waals surface area contributed by atoms with Crippen LogP contribution in [0.15, 0.2) is 12.3 Å². The molecule has 1 aliphatic rings. The molecule has 0 radical (unpaired) electrons. The lowest BCUT2D eigenvalue weighted by Gasteiger charge is -2.21. The number of nitrogens with zero attached hydrogens (tertiary/aromatic N) is 2. The maximum Gasteiger partial charge on any atom is 0.131 e. The molecule has 1 unspecified atom stereocenters. The molecule has 4 nitrogen and oxygen atoms in total. The summed E-state index contributed by atoms with van der Waals surface area (Å²) < 4.78 is 5.72. The van der Waals surface area contributed by atoms with Gasteiger partial charge in [0, 0.05) is 31.8 Å². The van der Waals surface area contributed by atoms with Gasteiger partial charge in [0.05, 0.1) is 11.8 Å². The molecule has 1 aromatic heterocycles. The Bertz CT molecular complexity index is 362. The summed E-state index contributed by atoms with van der Waals surface area (Å²) >= 11 is 0. The standard InChI is InChI=1S/C14H23N3O/c1-11(2)16-10-12-6-7-15-14(17-12)9-13-5-3-4-8-18-13/h6-7,11,13,16H,3-5,8-10H2,1-2H3. The van der Waals surface area contributed by atoms with Gasteiger partial charge in [0.2, 0.25) is 0 Å². The van der Waals surface area contributed by atoms with Crippen molar-refractivity contribution in [2.75, 3.05) is 6.61 Å². The van der Waals surface area contributed by atoms with Crippen LogP contribution in [0, 0.1) is 0 Å². The zero-order chi connectivity index (χ0) is 12.8. The van der Waals surface area contributed by atoms with E-state index in [0.29, 0.717) is 12.1 Å². The van der Waals surface area contributed by atoms with Crippen LogP contribution in [0.25, 0.3) is 0 Å². The second-order valence-corrected chi connectivity index (χ2v) is 5.19. The minimum atomic E-state index is 0.312. The molecule has 0 aromatic carbocycles. The summed E-state index contributed by atoms with van der Waals surface area (Å²) in [6.45, 7) is 5.97. The average Bonchev–Trinajstić information content (AvgIpc) is 2.38. The van der Waals surface area contributed by atoms with Gasteiger partial charge < -0.3 is 10.1 Å². The number of hydrogen-bond acceptors (Lipinski definition) is 4. The lowest BCUT2D eigenvalue weighted by molar-refractivity contribution is 0.0156. The monoisotopic (exact) mass is 249 g/mol. The molecule has 2 rings (SSSR count). The molecule has 1 saturated heterocycles. The summed E-state index contributed by atoms with van der Waals surface area (Å²) in [7, 11) is 0. The molecule has 0 aliphatic carbocycles. The molecule has 0 bridgehead atoms. The molecule has 1 aliphatic heterocycles. The number of hydrogen-bond donors (Lipinski definition) is 1. The lowest BCUT2D eigenvalue weighted by atomic mass is 10.1. The molecule has 1 aromatic rings. The molecule has 1 atom stereocenters. The summed E-state index contributed by atoms with van der Waals surface area (Å²) in [5.41, 5.74) is 1.06. The van der Waals surface area contributed by atoms with E-state index in [4.69, 9.17) is 4.74 Å². The smallest absolute Gasteiger partial charge is 0.131 e. The number of rotatable bonds is 5. The Morgan fingerprint density at radius 3 is 3.06 bits per heavy atom. The van der Waals surface area contributed by atoms with Crippen LogP contribution in [0.5, 0.6) is 0 Å². The van der Waals surface area contributed by atoms with Gasteiger partial charge in [-0.2, -0.15) is 0 Å². The largest absolute Gasteiger partial charge is 0.378 e. The Kier molecular flexibility index (Phi) is 5.08. The fourth-order valence-corrected chi connectivity index (χ4v) is 2.12. The van der Waals surface area contributed by atoms with Crippen molar-refractivity contribution in [3.63, 3.8) is 0 Å². The minimum Gasteiger partial charge on any atom is -0.378 e. The average molecular weight is 249 g/mol. The van der Waals surface area contributed by atoms with E-state index < -0.39 is 0 Å².